The molecule has 8 heteroatoms. The van der Waals surface area contributed by atoms with Gasteiger partial charge in [-0.05, 0) is 81.9 Å². The molecular weight excluding hydrogens is 563 g/mol. The van der Waals surface area contributed by atoms with Crippen molar-refractivity contribution in [3.05, 3.63) is 101 Å². The molecule has 0 aromatic heterocycles. The summed E-state index contributed by atoms with van der Waals surface area (Å²) in [6, 6.07) is 28.9. The Bertz CT molecular complexity index is 1380. The summed E-state index contributed by atoms with van der Waals surface area (Å²) in [6.07, 6.45) is 0. The molecule has 174 valence electrons. The first-order chi connectivity index (χ1) is 16.4. The molecule has 0 radical (unpaired) electrons. The van der Waals surface area contributed by atoms with Crippen LogP contribution in [0.3, 0.4) is 0 Å². The molecular formula is C26H23IN2O4S. The number of anilines is 1. The minimum atomic E-state index is -3.92. The average Bonchev–Trinajstić information content (AvgIpc) is 2.86. The zero-order chi connectivity index (χ0) is 24.0. The topological polar surface area (TPSA) is 75.7 Å². The molecule has 0 fully saturated rings. The molecule has 34 heavy (non-hydrogen) atoms. The first kappa shape index (κ1) is 24.0. The number of sulfonamides is 1. The Kier molecular flexibility index (Phi) is 7.69. The van der Waals surface area contributed by atoms with Crippen LogP contribution in [0, 0.1) is 3.57 Å². The van der Waals surface area contributed by atoms with Crippen molar-refractivity contribution in [2.45, 2.75) is 4.90 Å². The standard InChI is InChI=1S/C26H23IN2O4S/c27-22-11-13-23(14-12-22)29(34(31,32)25-8-2-1-3-9-25)19-26(30)28-16-17-33-24-15-10-20-6-4-5-7-21(20)18-24/h1-15,18H,16-17,19H2,(H,28,30). The van der Waals surface area contributed by atoms with Crippen LogP contribution in [0.15, 0.2) is 102 Å². The molecule has 4 rings (SSSR count). The van der Waals surface area contributed by atoms with Gasteiger partial charge in [0.1, 0.15) is 18.9 Å². The molecule has 1 N–H and O–H groups in total. The van der Waals surface area contributed by atoms with Gasteiger partial charge in [-0.25, -0.2) is 8.42 Å². The van der Waals surface area contributed by atoms with Gasteiger partial charge in [0.15, 0.2) is 0 Å². The second-order valence-corrected chi connectivity index (χ2v) is 10.6. The summed E-state index contributed by atoms with van der Waals surface area (Å²) < 4.78 is 34.4. The van der Waals surface area contributed by atoms with Gasteiger partial charge < -0.3 is 10.1 Å². The maximum atomic E-state index is 13.3. The van der Waals surface area contributed by atoms with Gasteiger partial charge in [-0.1, -0.05) is 48.5 Å². The van der Waals surface area contributed by atoms with Crippen LogP contribution in [0.25, 0.3) is 10.8 Å². The number of nitrogens with one attached hydrogen (secondary N) is 1. The molecule has 0 atom stereocenters. The fourth-order valence-corrected chi connectivity index (χ4v) is 5.25. The van der Waals surface area contributed by atoms with Crippen LogP contribution < -0.4 is 14.4 Å². The van der Waals surface area contributed by atoms with Crippen molar-refractivity contribution in [3.63, 3.8) is 0 Å². The third kappa shape index (κ3) is 5.87. The lowest BCUT2D eigenvalue weighted by atomic mass is 10.1. The number of carbonyl (C=O) groups is 1. The van der Waals surface area contributed by atoms with Crippen molar-refractivity contribution < 1.29 is 17.9 Å². The number of hydrogen-bond acceptors (Lipinski definition) is 4. The summed E-state index contributed by atoms with van der Waals surface area (Å²) in [5.74, 6) is 0.292. The van der Waals surface area contributed by atoms with E-state index in [0.717, 1.165) is 18.6 Å². The second kappa shape index (κ2) is 10.9. The molecule has 0 unspecified atom stereocenters. The monoisotopic (exact) mass is 586 g/mol. The zero-order valence-corrected chi connectivity index (χ0v) is 21.2. The number of amides is 1. The van der Waals surface area contributed by atoms with E-state index in [4.69, 9.17) is 4.74 Å². The predicted octanol–water partition coefficient (Wildman–Crippen LogP) is 4.83. The Labute approximate surface area is 212 Å². The van der Waals surface area contributed by atoms with Crippen LogP contribution in [0.1, 0.15) is 0 Å². The highest BCUT2D eigenvalue weighted by Crippen LogP contribution is 2.24. The highest BCUT2D eigenvalue weighted by molar-refractivity contribution is 14.1. The number of halogens is 1. The van der Waals surface area contributed by atoms with Gasteiger partial charge in [0, 0.05) is 3.57 Å². The number of hydrogen-bond donors (Lipinski definition) is 1. The third-order valence-corrected chi connectivity index (χ3v) is 7.65. The maximum Gasteiger partial charge on any atom is 0.264 e. The lowest BCUT2D eigenvalue weighted by Gasteiger charge is -2.24. The fourth-order valence-electron chi connectivity index (χ4n) is 3.44. The van der Waals surface area contributed by atoms with E-state index < -0.39 is 15.9 Å². The summed E-state index contributed by atoms with van der Waals surface area (Å²) in [5, 5.41) is 4.95. The number of fused-ring (bicyclic) bond motifs is 1. The summed E-state index contributed by atoms with van der Waals surface area (Å²) in [7, 11) is -3.92. The SMILES string of the molecule is O=C(CN(c1ccc(I)cc1)S(=O)(=O)c1ccccc1)NCCOc1ccc2ccccc2c1. The predicted molar refractivity (Wildman–Crippen MR) is 143 cm³/mol. The first-order valence-electron chi connectivity index (χ1n) is 10.7. The number of nitrogens with zero attached hydrogens (tertiary/aromatic N) is 1. The largest absolute Gasteiger partial charge is 0.492 e. The van der Waals surface area contributed by atoms with E-state index in [2.05, 4.69) is 27.9 Å². The van der Waals surface area contributed by atoms with E-state index in [9.17, 15) is 13.2 Å². The van der Waals surface area contributed by atoms with Crippen molar-refractivity contribution in [2.24, 2.45) is 0 Å². The minimum Gasteiger partial charge on any atom is -0.492 e. The average molecular weight is 586 g/mol. The lowest BCUT2D eigenvalue weighted by molar-refractivity contribution is -0.119. The lowest BCUT2D eigenvalue weighted by Crippen LogP contribution is -2.41. The van der Waals surface area contributed by atoms with Gasteiger partial charge >= 0.3 is 0 Å². The van der Waals surface area contributed by atoms with Gasteiger partial charge in [0.05, 0.1) is 17.1 Å². The molecule has 0 bridgehead atoms. The van der Waals surface area contributed by atoms with Gasteiger partial charge in [0.2, 0.25) is 5.91 Å². The minimum absolute atomic E-state index is 0.126. The van der Waals surface area contributed by atoms with Crippen molar-refractivity contribution in [1.82, 2.24) is 5.32 Å². The van der Waals surface area contributed by atoms with Crippen molar-refractivity contribution >= 4 is 55.0 Å². The molecule has 0 spiro atoms. The summed E-state index contributed by atoms with van der Waals surface area (Å²) in [5.41, 5.74) is 0.423. The second-order valence-electron chi connectivity index (χ2n) is 7.51. The van der Waals surface area contributed by atoms with E-state index >= 15 is 0 Å². The number of benzene rings is 4. The van der Waals surface area contributed by atoms with Gasteiger partial charge in [-0.3, -0.25) is 9.10 Å². The molecule has 0 saturated heterocycles. The number of carbonyl (C=O) groups excluding carboxylic acids is 1. The van der Waals surface area contributed by atoms with Crippen molar-refractivity contribution in [2.75, 3.05) is 24.0 Å². The van der Waals surface area contributed by atoms with Gasteiger partial charge in [0.25, 0.3) is 10.0 Å². The van der Waals surface area contributed by atoms with Gasteiger partial charge in [-0.2, -0.15) is 0 Å². The van der Waals surface area contributed by atoms with Crippen molar-refractivity contribution in [3.8, 4) is 5.75 Å². The first-order valence-corrected chi connectivity index (χ1v) is 13.2. The van der Waals surface area contributed by atoms with Gasteiger partial charge in [-0.15, -0.1) is 0 Å². The van der Waals surface area contributed by atoms with Crippen LogP contribution >= 0.6 is 22.6 Å². The van der Waals surface area contributed by atoms with Crippen LogP contribution in [0.5, 0.6) is 5.75 Å². The van der Waals surface area contributed by atoms with E-state index in [1.54, 1.807) is 42.5 Å². The highest BCUT2D eigenvalue weighted by Gasteiger charge is 2.27. The highest BCUT2D eigenvalue weighted by atomic mass is 127. The molecule has 1 amide bonds. The van der Waals surface area contributed by atoms with E-state index in [0.29, 0.717) is 11.4 Å². The summed E-state index contributed by atoms with van der Waals surface area (Å²) in [4.78, 5) is 12.8. The number of ether oxygens (including phenoxy) is 1. The Morgan fingerprint density at radius 1 is 0.853 bits per heavy atom. The normalized spacial score (nSPS) is 11.2. The molecule has 0 aliphatic rings. The smallest absolute Gasteiger partial charge is 0.264 e. The van der Waals surface area contributed by atoms with Crippen LogP contribution in [0.4, 0.5) is 5.69 Å². The summed E-state index contributed by atoms with van der Waals surface area (Å²) in [6.45, 7) is 0.171. The summed E-state index contributed by atoms with van der Waals surface area (Å²) >= 11 is 2.15. The van der Waals surface area contributed by atoms with E-state index in [1.165, 1.54) is 12.1 Å². The maximum absolute atomic E-state index is 13.3. The molecule has 6 nitrogen and oxygen atoms in total. The molecule has 0 aliphatic carbocycles. The molecule has 0 heterocycles. The molecule has 4 aromatic carbocycles. The van der Waals surface area contributed by atoms with Crippen molar-refractivity contribution in [1.29, 1.82) is 0 Å². The molecule has 0 saturated carbocycles. The number of rotatable bonds is 9. The van der Waals surface area contributed by atoms with Crippen LogP contribution in [0.2, 0.25) is 0 Å². The Morgan fingerprint density at radius 2 is 1.53 bits per heavy atom. The third-order valence-electron chi connectivity index (χ3n) is 5.15. The molecule has 4 aromatic rings. The zero-order valence-electron chi connectivity index (χ0n) is 18.2. The van der Waals surface area contributed by atoms with Crippen LogP contribution in [-0.2, 0) is 14.8 Å². The van der Waals surface area contributed by atoms with Crippen LogP contribution in [-0.4, -0.2) is 34.0 Å². The molecule has 0 aliphatic heterocycles. The fraction of sp³-hybridized carbons (Fsp3) is 0.115. The Balaban J connectivity index is 1.40. The van der Waals surface area contributed by atoms with E-state index in [1.807, 2.05) is 42.5 Å². The Morgan fingerprint density at radius 3 is 2.26 bits per heavy atom. The Hall–Kier alpha value is -3.11. The quantitative estimate of drug-likeness (QED) is 0.225. The van der Waals surface area contributed by atoms with E-state index in [-0.39, 0.29) is 24.6 Å².